The molecule has 0 aliphatic carbocycles. The van der Waals surface area contributed by atoms with Gasteiger partial charge in [-0.05, 0) is 26.8 Å². The topological polar surface area (TPSA) is 3.24 Å². The molecule has 1 nitrogen and oxygen atoms in total. The van der Waals surface area contributed by atoms with Gasteiger partial charge in [0.25, 0.3) is 0 Å². The normalized spacial score (nSPS) is 13.1. The van der Waals surface area contributed by atoms with Gasteiger partial charge in [-0.25, -0.2) is 0 Å². The zero-order valence-electron chi connectivity index (χ0n) is 11.9. The lowest BCUT2D eigenvalue weighted by molar-refractivity contribution is 0.568. The molecule has 0 aliphatic heterocycles. The second-order valence-corrected chi connectivity index (χ2v) is 17.2. The minimum absolute atomic E-state index is 0.109. The van der Waals surface area contributed by atoms with Crippen LogP contribution < -0.4 is 0 Å². The summed E-state index contributed by atoms with van der Waals surface area (Å²) in [5, 5.41) is 0. The summed E-state index contributed by atoms with van der Waals surface area (Å²) < 4.78 is 2.52. The highest BCUT2D eigenvalue weighted by Crippen LogP contribution is 2.19. The second-order valence-electron chi connectivity index (χ2n) is 7.16. The maximum atomic E-state index is 3.45. The summed E-state index contributed by atoms with van der Waals surface area (Å²) in [5.41, 5.74) is 0.109. The maximum absolute atomic E-state index is 3.45. The van der Waals surface area contributed by atoms with Gasteiger partial charge in [0, 0.05) is 5.41 Å². The third kappa shape index (κ3) is 6.06. The van der Waals surface area contributed by atoms with Crippen molar-refractivity contribution in [1.82, 2.24) is 4.23 Å². The molecule has 0 rings (SSSR count). The third-order valence-electron chi connectivity index (χ3n) is 1.88. The molecule has 0 atom stereocenters. The van der Waals surface area contributed by atoms with Crippen LogP contribution in [-0.4, -0.2) is 20.7 Å². The minimum Gasteiger partial charge on any atom is -0.385 e. The van der Waals surface area contributed by atoms with Crippen molar-refractivity contribution in [2.75, 3.05) is 0 Å². The summed E-state index contributed by atoms with van der Waals surface area (Å²) in [6.07, 6.45) is 0. The zero-order valence-corrected chi connectivity index (χ0v) is 13.9. The molecule has 0 saturated carbocycles. The Balaban J connectivity index is 5.07. The van der Waals surface area contributed by atoms with E-state index in [0.29, 0.717) is 0 Å². The highest BCUT2D eigenvalue weighted by Gasteiger charge is 2.32. The van der Waals surface area contributed by atoms with Gasteiger partial charge < -0.3 is 4.23 Å². The molecule has 0 spiro atoms. The van der Waals surface area contributed by atoms with Crippen LogP contribution in [0.4, 0.5) is 0 Å². The van der Waals surface area contributed by atoms with Gasteiger partial charge in [-0.3, -0.25) is 0 Å². The van der Waals surface area contributed by atoms with Crippen LogP contribution in [0.1, 0.15) is 20.8 Å². The fourth-order valence-corrected chi connectivity index (χ4v) is 10.4. The predicted octanol–water partition coefficient (Wildman–Crippen LogP) is 3.97. The molecule has 0 saturated heterocycles. The van der Waals surface area contributed by atoms with Crippen molar-refractivity contribution in [1.29, 1.82) is 0 Å². The van der Waals surface area contributed by atoms with Crippen LogP contribution >= 0.6 is 0 Å². The molecule has 3 heteroatoms. The Labute approximate surface area is 98.4 Å². The van der Waals surface area contributed by atoms with Gasteiger partial charge in [0.15, 0.2) is 0 Å². The first kappa shape index (κ1) is 14.8. The van der Waals surface area contributed by atoms with Crippen molar-refractivity contribution < 1.29 is 0 Å². The molecule has 0 bridgehead atoms. The van der Waals surface area contributed by atoms with E-state index < -0.39 is 16.5 Å². The van der Waals surface area contributed by atoms with Crippen LogP contribution in [0.3, 0.4) is 0 Å². The number of nitrogens with zero attached hydrogens (tertiary/aromatic N) is 1. The molecular weight excluding hydrogens is 214 g/mol. The monoisotopic (exact) mass is 241 g/mol. The molecule has 0 aromatic rings. The summed E-state index contributed by atoms with van der Waals surface area (Å²) in [6.45, 7) is 20.8. The molecule has 15 heavy (non-hydrogen) atoms. The number of hydrogen-bond acceptors (Lipinski definition) is 1. The van der Waals surface area contributed by atoms with Crippen LogP contribution in [0.2, 0.25) is 39.3 Å². The Morgan fingerprint density at radius 2 is 1.13 bits per heavy atom. The Hall–Kier alpha value is -0.206. The van der Waals surface area contributed by atoms with Crippen molar-refractivity contribution in [2.24, 2.45) is 5.41 Å². The Morgan fingerprint density at radius 3 is 1.33 bits per heavy atom. The fourth-order valence-electron chi connectivity index (χ4n) is 1.57. The SMILES string of the molecule is CC(C)(C)C#CN([Si](C)(C)C)[Si](C)(C)C. The lowest BCUT2D eigenvalue weighted by Crippen LogP contribution is -2.56. The molecule has 0 heterocycles. The standard InChI is InChI=1S/C12H27NSi2/c1-12(2,3)10-11-13(14(4,5)6)15(7,8)9/h1-9H3. The van der Waals surface area contributed by atoms with Crippen LogP contribution in [0, 0.1) is 17.4 Å². The van der Waals surface area contributed by atoms with Crippen molar-refractivity contribution in [2.45, 2.75) is 60.1 Å². The number of hydrogen-bond donors (Lipinski definition) is 0. The molecule has 0 radical (unpaired) electrons. The molecular formula is C12H27NSi2. The van der Waals surface area contributed by atoms with Crippen molar-refractivity contribution in [3.63, 3.8) is 0 Å². The molecule has 0 unspecified atom stereocenters. The highest BCUT2D eigenvalue weighted by molar-refractivity contribution is 6.90. The Morgan fingerprint density at radius 1 is 0.800 bits per heavy atom. The third-order valence-corrected chi connectivity index (χ3v) is 8.82. The first-order valence-corrected chi connectivity index (χ1v) is 12.6. The average molecular weight is 242 g/mol. The molecule has 0 aromatic carbocycles. The van der Waals surface area contributed by atoms with E-state index in [1.807, 2.05) is 0 Å². The lowest BCUT2D eigenvalue weighted by atomic mass is 9.99. The summed E-state index contributed by atoms with van der Waals surface area (Å²) >= 11 is 0. The maximum Gasteiger partial charge on any atom is 0.147 e. The summed E-state index contributed by atoms with van der Waals surface area (Å²) in [4.78, 5) is 0. The Kier molecular flexibility index (Phi) is 4.29. The smallest absolute Gasteiger partial charge is 0.147 e. The van der Waals surface area contributed by atoms with Crippen molar-refractivity contribution in [3.8, 4) is 12.0 Å². The van der Waals surface area contributed by atoms with Gasteiger partial charge in [-0.1, -0.05) is 45.2 Å². The van der Waals surface area contributed by atoms with Crippen molar-refractivity contribution in [3.05, 3.63) is 0 Å². The van der Waals surface area contributed by atoms with E-state index in [1.54, 1.807) is 0 Å². The molecule has 0 aliphatic rings. The van der Waals surface area contributed by atoms with Gasteiger partial charge >= 0.3 is 0 Å². The van der Waals surface area contributed by atoms with E-state index in [0.717, 1.165) is 0 Å². The molecule has 0 aromatic heterocycles. The quantitative estimate of drug-likeness (QED) is 0.402. The Bertz CT molecular complexity index is 251. The van der Waals surface area contributed by atoms with E-state index in [1.165, 1.54) is 0 Å². The van der Waals surface area contributed by atoms with Crippen LogP contribution in [-0.2, 0) is 0 Å². The van der Waals surface area contributed by atoms with E-state index in [4.69, 9.17) is 0 Å². The van der Waals surface area contributed by atoms with E-state index in [-0.39, 0.29) is 5.41 Å². The van der Waals surface area contributed by atoms with Crippen LogP contribution in [0.25, 0.3) is 0 Å². The molecule has 0 fully saturated rings. The highest BCUT2D eigenvalue weighted by atomic mass is 28.4. The van der Waals surface area contributed by atoms with Gasteiger partial charge in [0.1, 0.15) is 16.5 Å². The molecule has 0 amide bonds. The molecule has 88 valence electrons. The fraction of sp³-hybridized carbons (Fsp3) is 0.833. The second kappa shape index (κ2) is 4.35. The van der Waals surface area contributed by atoms with Gasteiger partial charge in [-0.15, -0.1) is 0 Å². The van der Waals surface area contributed by atoms with Crippen LogP contribution in [0.5, 0.6) is 0 Å². The van der Waals surface area contributed by atoms with E-state index >= 15 is 0 Å². The van der Waals surface area contributed by atoms with Gasteiger partial charge in [0.05, 0.1) is 0 Å². The van der Waals surface area contributed by atoms with Crippen LogP contribution in [0.15, 0.2) is 0 Å². The average Bonchev–Trinajstić information content (AvgIpc) is 1.75. The summed E-state index contributed by atoms with van der Waals surface area (Å²) in [7, 11) is -2.60. The van der Waals surface area contributed by atoms with E-state index in [9.17, 15) is 0 Å². The zero-order chi connectivity index (χ0) is 12.5. The lowest BCUT2D eigenvalue weighted by Gasteiger charge is -2.41. The predicted molar refractivity (Wildman–Crippen MR) is 75.8 cm³/mol. The van der Waals surface area contributed by atoms with E-state index in [2.05, 4.69) is 76.2 Å². The first-order valence-electron chi connectivity index (χ1n) is 5.67. The molecule has 0 N–H and O–H groups in total. The number of rotatable bonds is 2. The summed E-state index contributed by atoms with van der Waals surface area (Å²) in [5.74, 6) is 3.38. The van der Waals surface area contributed by atoms with Crippen molar-refractivity contribution >= 4 is 16.5 Å². The first-order chi connectivity index (χ1) is 6.34. The summed E-state index contributed by atoms with van der Waals surface area (Å²) in [6, 6.07) is 3.45. The van der Waals surface area contributed by atoms with Gasteiger partial charge in [0.2, 0.25) is 0 Å². The van der Waals surface area contributed by atoms with Gasteiger partial charge in [-0.2, -0.15) is 0 Å². The minimum atomic E-state index is -1.30. The largest absolute Gasteiger partial charge is 0.385 e.